The Morgan fingerprint density at radius 1 is 1.17 bits per heavy atom. The third-order valence-electron chi connectivity index (χ3n) is 3.58. The molecule has 0 unspecified atom stereocenters. The van der Waals surface area contributed by atoms with E-state index in [0.717, 1.165) is 34.4 Å². The van der Waals surface area contributed by atoms with Crippen molar-refractivity contribution in [1.82, 2.24) is 5.32 Å². The summed E-state index contributed by atoms with van der Waals surface area (Å²) < 4.78 is 5.33. The fraction of sp³-hybridized carbons (Fsp3) is 0.250. The highest BCUT2D eigenvalue weighted by atomic mass is 16.5. The minimum atomic E-state index is -0.0276. The van der Waals surface area contributed by atoms with Crippen molar-refractivity contribution in [1.29, 1.82) is 0 Å². The van der Waals surface area contributed by atoms with Crippen LogP contribution in [-0.4, -0.2) is 19.1 Å². The Balaban J connectivity index is 1.86. The Morgan fingerprint density at radius 3 is 2.61 bits per heavy atom. The predicted molar refractivity (Wildman–Crippen MR) is 92.7 cm³/mol. The van der Waals surface area contributed by atoms with Gasteiger partial charge < -0.3 is 10.1 Å². The van der Waals surface area contributed by atoms with Gasteiger partial charge in [-0.05, 0) is 49.6 Å². The standard InChI is InChI=1S/C20H21NO2/c1-4-13-23-18-9-7-17(8-10-18)11-12-21-20(22)19-14-15(2)5-6-16(19)3/h1,5-10,14H,11-13H2,2-3H3,(H,21,22). The lowest BCUT2D eigenvalue weighted by Gasteiger charge is -2.09. The van der Waals surface area contributed by atoms with Crippen LogP contribution in [-0.2, 0) is 6.42 Å². The van der Waals surface area contributed by atoms with Crippen molar-refractivity contribution in [2.45, 2.75) is 20.3 Å². The van der Waals surface area contributed by atoms with E-state index in [4.69, 9.17) is 11.2 Å². The molecule has 2 rings (SSSR count). The molecule has 0 saturated carbocycles. The van der Waals surface area contributed by atoms with Crippen LogP contribution in [0.4, 0.5) is 0 Å². The van der Waals surface area contributed by atoms with Crippen LogP contribution in [0.1, 0.15) is 27.0 Å². The zero-order valence-corrected chi connectivity index (χ0v) is 13.6. The smallest absolute Gasteiger partial charge is 0.251 e. The summed E-state index contributed by atoms with van der Waals surface area (Å²) in [7, 11) is 0. The molecule has 1 N–H and O–H groups in total. The Morgan fingerprint density at radius 2 is 1.91 bits per heavy atom. The second-order valence-electron chi connectivity index (χ2n) is 5.46. The average molecular weight is 307 g/mol. The third-order valence-corrected chi connectivity index (χ3v) is 3.58. The lowest BCUT2D eigenvalue weighted by molar-refractivity contribution is 0.0953. The fourth-order valence-electron chi connectivity index (χ4n) is 2.27. The molecule has 23 heavy (non-hydrogen) atoms. The Hall–Kier alpha value is -2.73. The minimum Gasteiger partial charge on any atom is -0.481 e. The number of hydrogen-bond donors (Lipinski definition) is 1. The maximum absolute atomic E-state index is 12.2. The number of carbonyl (C=O) groups excluding carboxylic acids is 1. The first kappa shape index (κ1) is 16.6. The lowest BCUT2D eigenvalue weighted by atomic mass is 10.0. The van der Waals surface area contributed by atoms with Crippen LogP contribution in [0.15, 0.2) is 42.5 Å². The molecular weight excluding hydrogens is 286 g/mol. The van der Waals surface area contributed by atoms with Crippen LogP contribution in [0, 0.1) is 26.2 Å². The number of benzene rings is 2. The summed E-state index contributed by atoms with van der Waals surface area (Å²) in [5.41, 5.74) is 3.95. The van der Waals surface area contributed by atoms with Crippen LogP contribution in [0.25, 0.3) is 0 Å². The van der Waals surface area contributed by atoms with Gasteiger partial charge in [0.1, 0.15) is 12.4 Å². The third kappa shape index (κ3) is 4.89. The predicted octanol–water partition coefficient (Wildman–Crippen LogP) is 3.29. The molecule has 0 radical (unpaired) electrons. The van der Waals surface area contributed by atoms with E-state index >= 15 is 0 Å². The van der Waals surface area contributed by atoms with Crippen LogP contribution >= 0.6 is 0 Å². The van der Waals surface area contributed by atoms with Gasteiger partial charge >= 0.3 is 0 Å². The average Bonchev–Trinajstić information content (AvgIpc) is 2.56. The summed E-state index contributed by atoms with van der Waals surface area (Å²) in [6.45, 7) is 4.80. The molecule has 0 saturated heterocycles. The molecule has 0 atom stereocenters. The number of hydrogen-bond acceptors (Lipinski definition) is 2. The van der Waals surface area contributed by atoms with E-state index in [0.29, 0.717) is 6.54 Å². The molecule has 2 aromatic rings. The quantitative estimate of drug-likeness (QED) is 0.832. The van der Waals surface area contributed by atoms with Crippen molar-refractivity contribution in [3.63, 3.8) is 0 Å². The highest BCUT2D eigenvalue weighted by Gasteiger charge is 2.08. The second-order valence-corrected chi connectivity index (χ2v) is 5.46. The van der Waals surface area contributed by atoms with Gasteiger partial charge in [-0.15, -0.1) is 6.42 Å². The number of amides is 1. The molecule has 0 spiro atoms. The molecule has 2 aromatic carbocycles. The zero-order valence-electron chi connectivity index (χ0n) is 13.6. The van der Waals surface area contributed by atoms with Crippen LogP contribution in [0.2, 0.25) is 0 Å². The van der Waals surface area contributed by atoms with E-state index < -0.39 is 0 Å². The summed E-state index contributed by atoms with van der Waals surface area (Å²) in [5.74, 6) is 3.16. The van der Waals surface area contributed by atoms with Crippen molar-refractivity contribution >= 4 is 5.91 Å². The maximum atomic E-state index is 12.2. The molecule has 118 valence electrons. The number of ether oxygens (including phenoxy) is 1. The SMILES string of the molecule is C#CCOc1ccc(CCNC(=O)c2cc(C)ccc2C)cc1. The first-order valence-corrected chi connectivity index (χ1v) is 7.61. The first-order chi connectivity index (χ1) is 11.1. The fourth-order valence-corrected chi connectivity index (χ4v) is 2.27. The minimum absolute atomic E-state index is 0.0276. The number of carbonyl (C=O) groups is 1. The van der Waals surface area contributed by atoms with Gasteiger partial charge in [-0.25, -0.2) is 0 Å². The largest absolute Gasteiger partial charge is 0.481 e. The topological polar surface area (TPSA) is 38.3 Å². The van der Waals surface area contributed by atoms with Crippen molar-refractivity contribution in [3.05, 3.63) is 64.7 Å². The van der Waals surface area contributed by atoms with E-state index in [2.05, 4.69) is 11.2 Å². The molecule has 0 aliphatic rings. The van der Waals surface area contributed by atoms with E-state index in [9.17, 15) is 4.79 Å². The van der Waals surface area contributed by atoms with Crippen molar-refractivity contribution in [3.8, 4) is 18.1 Å². The molecule has 1 amide bonds. The van der Waals surface area contributed by atoms with Crippen LogP contribution < -0.4 is 10.1 Å². The van der Waals surface area contributed by atoms with E-state index in [1.807, 2.05) is 56.3 Å². The summed E-state index contributed by atoms with van der Waals surface area (Å²) in [6.07, 6.45) is 5.92. The van der Waals surface area contributed by atoms with Gasteiger partial charge in [0.2, 0.25) is 0 Å². The van der Waals surface area contributed by atoms with Crippen molar-refractivity contribution < 1.29 is 9.53 Å². The molecule has 3 heteroatoms. The summed E-state index contributed by atoms with van der Waals surface area (Å²) >= 11 is 0. The molecule has 0 bridgehead atoms. The number of aryl methyl sites for hydroxylation is 2. The number of nitrogens with one attached hydrogen (secondary N) is 1. The molecule has 0 heterocycles. The van der Waals surface area contributed by atoms with Crippen LogP contribution in [0.5, 0.6) is 5.75 Å². The Bertz CT molecular complexity index is 711. The highest BCUT2D eigenvalue weighted by molar-refractivity contribution is 5.95. The molecular formula is C20H21NO2. The van der Waals surface area contributed by atoms with Gasteiger partial charge in [-0.2, -0.15) is 0 Å². The van der Waals surface area contributed by atoms with Gasteiger partial charge in [-0.3, -0.25) is 4.79 Å². The zero-order chi connectivity index (χ0) is 16.7. The highest BCUT2D eigenvalue weighted by Crippen LogP contribution is 2.13. The van der Waals surface area contributed by atoms with Gasteiger partial charge in [0.25, 0.3) is 5.91 Å². The van der Waals surface area contributed by atoms with Crippen LogP contribution in [0.3, 0.4) is 0 Å². The second kappa shape index (κ2) is 8.05. The summed E-state index contributed by atoms with van der Waals surface area (Å²) in [4.78, 5) is 12.2. The molecule has 3 nitrogen and oxygen atoms in total. The molecule has 0 fully saturated rings. The lowest BCUT2D eigenvalue weighted by Crippen LogP contribution is -2.26. The Labute approximate surface area is 137 Å². The van der Waals surface area contributed by atoms with E-state index in [-0.39, 0.29) is 12.5 Å². The number of rotatable bonds is 6. The number of terminal acetylenes is 1. The van der Waals surface area contributed by atoms with Gasteiger partial charge in [-0.1, -0.05) is 35.7 Å². The van der Waals surface area contributed by atoms with Gasteiger partial charge in [0.05, 0.1) is 0 Å². The normalized spacial score (nSPS) is 9.96. The Kier molecular flexibility index (Phi) is 5.82. The molecule has 0 aromatic heterocycles. The monoisotopic (exact) mass is 307 g/mol. The van der Waals surface area contributed by atoms with Gasteiger partial charge in [0.15, 0.2) is 0 Å². The summed E-state index contributed by atoms with van der Waals surface area (Å²) in [5, 5.41) is 2.97. The summed E-state index contributed by atoms with van der Waals surface area (Å²) in [6, 6.07) is 13.6. The molecule has 0 aliphatic carbocycles. The first-order valence-electron chi connectivity index (χ1n) is 7.61. The van der Waals surface area contributed by atoms with E-state index in [1.165, 1.54) is 0 Å². The van der Waals surface area contributed by atoms with E-state index in [1.54, 1.807) is 0 Å². The molecule has 0 aliphatic heterocycles. The maximum Gasteiger partial charge on any atom is 0.251 e. The van der Waals surface area contributed by atoms with Crippen molar-refractivity contribution in [2.75, 3.05) is 13.2 Å². The van der Waals surface area contributed by atoms with Crippen molar-refractivity contribution in [2.24, 2.45) is 0 Å². The van der Waals surface area contributed by atoms with Gasteiger partial charge in [0, 0.05) is 12.1 Å².